The van der Waals surface area contributed by atoms with Crippen LogP contribution in [-0.2, 0) is 18.6 Å². The molecule has 1 heterocycles. The van der Waals surface area contributed by atoms with Crippen molar-refractivity contribution in [2.24, 2.45) is 0 Å². The van der Waals surface area contributed by atoms with Gasteiger partial charge in [-0.05, 0) is 62.7 Å². The maximum absolute atomic E-state index is 10.1. The van der Waals surface area contributed by atoms with Gasteiger partial charge in [-0.1, -0.05) is 68.4 Å². The van der Waals surface area contributed by atoms with E-state index < -0.39 is 0 Å². The Morgan fingerprint density at radius 1 is 0.742 bits per heavy atom. The Balaban J connectivity index is 1.67. The van der Waals surface area contributed by atoms with E-state index in [1.165, 1.54) is 27.8 Å². The van der Waals surface area contributed by atoms with E-state index in [2.05, 4.69) is 73.4 Å². The van der Waals surface area contributed by atoms with Crippen molar-refractivity contribution in [1.82, 2.24) is 4.98 Å². The van der Waals surface area contributed by atoms with Crippen LogP contribution in [0.3, 0.4) is 0 Å². The van der Waals surface area contributed by atoms with E-state index in [0.29, 0.717) is 0 Å². The molecule has 0 spiro atoms. The van der Waals surface area contributed by atoms with E-state index >= 15 is 0 Å². The normalized spacial score (nSPS) is 13.7. The Bertz CT molecular complexity index is 1290. The molecule has 1 aromatic heterocycles. The molecule has 0 aliphatic heterocycles. The highest BCUT2D eigenvalue weighted by Gasteiger charge is 2.37. The van der Waals surface area contributed by atoms with Crippen molar-refractivity contribution >= 4 is 0 Å². The zero-order valence-electron chi connectivity index (χ0n) is 17.8. The minimum Gasteiger partial charge on any atom is -0.392 e. The summed E-state index contributed by atoms with van der Waals surface area (Å²) in [5.74, 6) is 0. The summed E-state index contributed by atoms with van der Waals surface area (Å²) >= 11 is 0. The van der Waals surface area contributed by atoms with E-state index in [1.54, 1.807) is 12.3 Å². The largest absolute Gasteiger partial charge is 0.392 e. The lowest BCUT2D eigenvalue weighted by Crippen LogP contribution is -2.16. The Hall–Kier alpha value is -3.27. The molecule has 31 heavy (non-hydrogen) atoms. The van der Waals surface area contributed by atoms with Gasteiger partial charge in [0, 0.05) is 17.2 Å². The Kier molecular flexibility index (Phi) is 4.73. The number of benzene rings is 3. The van der Waals surface area contributed by atoms with Gasteiger partial charge >= 0.3 is 0 Å². The molecular formula is C28H25NO2. The Labute approximate surface area is 182 Å². The topological polar surface area (TPSA) is 53.4 Å². The second-order valence-electron chi connectivity index (χ2n) is 8.64. The molecule has 0 bridgehead atoms. The predicted octanol–water partition coefficient (Wildman–Crippen LogP) is 5.71. The maximum Gasteiger partial charge on any atom is 0.0709 e. The van der Waals surface area contributed by atoms with Crippen LogP contribution in [-0.4, -0.2) is 15.2 Å². The van der Waals surface area contributed by atoms with Crippen molar-refractivity contribution in [3.8, 4) is 33.5 Å². The van der Waals surface area contributed by atoms with Gasteiger partial charge in [0.15, 0.2) is 0 Å². The van der Waals surface area contributed by atoms with Gasteiger partial charge in [-0.25, -0.2) is 0 Å². The summed E-state index contributed by atoms with van der Waals surface area (Å²) in [6.07, 6.45) is 1.69. The third-order valence-corrected chi connectivity index (χ3v) is 6.45. The van der Waals surface area contributed by atoms with Gasteiger partial charge in [-0.3, -0.25) is 4.98 Å². The van der Waals surface area contributed by atoms with E-state index in [-0.39, 0.29) is 18.6 Å². The zero-order valence-corrected chi connectivity index (χ0v) is 17.8. The van der Waals surface area contributed by atoms with Crippen LogP contribution in [0.1, 0.15) is 36.1 Å². The van der Waals surface area contributed by atoms with E-state index in [0.717, 1.165) is 27.9 Å². The highest BCUT2D eigenvalue weighted by atomic mass is 16.3. The third-order valence-electron chi connectivity index (χ3n) is 6.45. The van der Waals surface area contributed by atoms with Gasteiger partial charge in [-0.15, -0.1) is 0 Å². The number of fused-ring (bicyclic) bond motifs is 3. The number of aliphatic hydroxyl groups excluding tert-OH is 2. The Morgan fingerprint density at radius 3 is 2.32 bits per heavy atom. The lowest BCUT2D eigenvalue weighted by atomic mass is 9.78. The number of rotatable bonds is 4. The second-order valence-corrected chi connectivity index (χ2v) is 8.64. The van der Waals surface area contributed by atoms with Crippen molar-refractivity contribution in [2.45, 2.75) is 32.5 Å². The van der Waals surface area contributed by atoms with Gasteiger partial charge in [0.05, 0.1) is 18.9 Å². The first-order valence-electron chi connectivity index (χ1n) is 10.6. The molecule has 3 aromatic carbocycles. The molecule has 1 aliphatic carbocycles. The maximum atomic E-state index is 10.1. The summed E-state index contributed by atoms with van der Waals surface area (Å²) in [5, 5.41) is 19.6. The predicted molar refractivity (Wildman–Crippen MR) is 125 cm³/mol. The molecule has 0 radical (unpaired) electrons. The summed E-state index contributed by atoms with van der Waals surface area (Å²) in [4.78, 5) is 4.45. The summed E-state index contributed by atoms with van der Waals surface area (Å²) in [5.41, 5.74) is 10.7. The summed E-state index contributed by atoms with van der Waals surface area (Å²) in [7, 11) is 0. The average Bonchev–Trinajstić information content (AvgIpc) is 3.06. The summed E-state index contributed by atoms with van der Waals surface area (Å²) < 4.78 is 0. The van der Waals surface area contributed by atoms with Crippen molar-refractivity contribution in [2.75, 3.05) is 0 Å². The molecule has 0 amide bonds. The monoisotopic (exact) mass is 407 g/mol. The molecule has 0 saturated carbocycles. The fourth-order valence-corrected chi connectivity index (χ4v) is 4.95. The first kappa shape index (κ1) is 19.7. The fourth-order valence-electron chi connectivity index (χ4n) is 4.95. The van der Waals surface area contributed by atoms with Crippen LogP contribution in [0.4, 0.5) is 0 Å². The van der Waals surface area contributed by atoms with Gasteiger partial charge < -0.3 is 10.2 Å². The molecule has 0 atom stereocenters. The lowest BCUT2D eigenvalue weighted by molar-refractivity contribution is 0.281. The third kappa shape index (κ3) is 3.09. The van der Waals surface area contributed by atoms with E-state index in [4.69, 9.17) is 0 Å². The highest BCUT2D eigenvalue weighted by molar-refractivity contribution is 5.88. The van der Waals surface area contributed by atoms with E-state index in [9.17, 15) is 10.2 Å². The highest BCUT2D eigenvalue weighted by Crippen LogP contribution is 2.52. The fraction of sp³-hybridized carbons (Fsp3) is 0.179. The SMILES string of the molecule is CC1(C)c2ccccc2-c2cccc(-c3ccc(-c4cc(CO)ccn4)c(CO)c3)c21. The molecule has 0 fully saturated rings. The summed E-state index contributed by atoms with van der Waals surface area (Å²) in [6, 6.07) is 25.0. The number of aliphatic hydroxyl groups is 2. The standard InChI is InChI=1S/C28H25NO2/c1-28(2)25-9-4-3-6-23(25)24-8-5-7-22(27(24)28)19-10-11-21(20(15-19)17-31)26-14-18(16-30)12-13-29-26/h3-15,30-31H,16-17H2,1-2H3. The van der Waals surface area contributed by atoms with Gasteiger partial charge in [0.1, 0.15) is 0 Å². The average molecular weight is 408 g/mol. The Morgan fingerprint density at radius 2 is 1.52 bits per heavy atom. The van der Waals surface area contributed by atoms with Crippen LogP contribution in [0.2, 0.25) is 0 Å². The lowest BCUT2D eigenvalue weighted by Gasteiger charge is -2.25. The molecule has 1 aliphatic rings. The quantitative estimate of drug-likeness (QED) is 0.456. The minimum atomic E-state index is -0.0996. The molecule has 5 rings (SSSR count). The van der Waals surface area contributed by atoms with Gasteiger partial charge in [-0.2, -0.15) is 0 Å². The zero-order chi connectivity index (χ0) is 21.6. The molecule has 2 N–H and O–H groups in total. The van der Waals surface area contributed by atoms with Crippen LogP contribution >= 0.6 is 0 Å². The molecule has 3 heteroatoms. The first-order valence-corrected chi connectivity index (χ1v) is 10.6. The number of hydrogen-bond donors (Lipinski definition) is 2. The van der Waals surface area contributed by atoms with E-state index in [1.807, 2.05) is 12.1 Å². The van der Waals surface area contributed by atoms with Crippen LogP contribution in [0.25, 0.3) is 33.5 Å². The number of hydrogen-bond acceptors (Lipinski definition) is 3. The summed E-state index contributed by atoms with van der Waals surface area (Å²) in [6.45, 7) is 4.46. The van der Waals surface area contributed by atoms with Crippen molar-refractivity contribution < 1.29 is 10.2 Å². The molecule has 154 valence electrons. The van der Waals surface area contributed by atoms with Crippen molar-refractivity contribution in [3.05, 3.63) is 101 Å². The van der Waals surface area contributed by atoms with Gasteiger partial charge in [0.25, 0.3) is 0 Å². The smallest absolute Gasteiger partial charge is 0.0709 e. The van der Waals surface area contributed by atoms with Crippen LogP contribution in [0.5, 0.6) is 0 Å². The van der Waals surface area contributed by atoms with Crippen LogP contribution in [0.15, 0.2) is 79.0 Å². The second kappa shape index (κ2) is 7.45. The number of pyridine rings is 1. The first-order chi connectivity index (χ1) is 15.0. The number of aromatic nitrogens is 1. The van der Waals surface area contributed by atoms with Gasteiger partial charge in [0.2, 0.25) is 0 Å². The van der Waals surface area contributed by atoms with Crippen molar-refractivity contribution in [1.29, 1.82) is 0 Å². The molecule has 4 aromatic rings. The van der Waals surface area contributed by atoms with Crippen LogP contribution < -0.4 is 0 Å². The molecular weight excluding hydrogens is 382 g/mol. The molecule has 0 saturated heterocycles. The van der Waals surface area contributed by atoms with Crippen LogP contribution in [0, 0.1) is 0 Å². The number of nitrogens with zero attached hydrogens (tertiary/aromatic N) is 1. The van der Waals surface area contributed by atoms with Crippen molar-refractivity contribution in [3.63, 3.8) is 0 Å². The molecule has 0 unspecified atom stereocenters. The minimum absolute atomic E-state index is 0.0339. The molecule has 3 nitrogen and oxygen atoms in total.